The molecule has 0 radical (unpaired) electrons. The Labute approximate surface area is 175 Å². The van der Waals surface area contributed by atoms with E-state index in [9.17, 15) is 4.79 Å². The minimum atomic E-state index is -0.332. The highest BCUT2D eigenvalue weighted by Crippen LogP contribution is 2.20. The number of benzene rings is 3. The first-order valence-corrected chi connectivity index (χ1v) is 9.73. The van der Waals surface area contributed by atoms with Crippen molar-refractivity contribution < 1.29 is 4.79 Å². The lowest BCUT2D eigenvalue weighted by molar-refractivity contribution is 0.0950. The Morgan fingerprint density at radius 1 is 0.867 bits per heavy atom. The van der Waals surface area contributed by atoms with Crippen LogP contribution in [0, 0.1) is 6.92 Å². The highest BCUT2D eigenvalue weighted by atomic mass is 16.2. The molecule has 2 N–H and O–H groups in total. The standard InChI is InChI=1S/C25H22N4O/c1-17-8-10-22(11-9-17)23-16-24(28-27-23)25(30)29-26-18(2)19-12-14-21(15-13-19)20-6-4-3-5-7-20/h3-16H,1-2H3,(H,27,28)(H,29,30)/b26-18+. The van der Waals surface area contributed by atoms with E-state index in [2.05, 4.69) is 32.9 Å². The van der Waals surface area contributed by atoms with Crippen molar-refractivity contribution in [2.24, 2.45) is 5.10 Å². The summed E-state index contributed by atoms with van der Waals surface area (Å²) in [5, 5.41) is 11.2. The van der Waals surface area contributed by atoms with Crippen LogP contribution in [0.2, 0.25) is 0 Å². The van der Waals surface area contributed by atoms with Gasteiger partial charge in [-0.15, -0.1) is 0 Å². The number of aromatic nitrogens is 2. The Hall–Kier alpha value is -3.99. The number of hydrogen-bond donors (Lipinski definition) is 2. The Bertz CT molecular complexity index is 1170. The molecule has 4 aromatic rings. The maximum atomic E-state index is 12.4. The third-order valence-corrected chi connectivity index (χ3v) is 4.90. The van der Waals surface area contributed by atoms with Crippen LogP contribution in [0.3, 0.4) is 0 Å². The largest absolute Gasteiger partial charge is 0.289 e. The summed E-state index contributed by atoms with van der Waals surface area (Å²) in [5.41, 5.74) is 9.77. The quantitative estimate of drug-likeness (QED) is 0.360. The van der Waals surface area contributed by atoms with Crippen molar-refractivity contribution in [3.8, 4) is 22.4 Å². The zero-order chi connectivity index (χ0) is 20.9. The second kappa shape index (κ2) is 8.57. The molecule has 3 aromatic carbocycles. The number of hydrazone groups is 1. The summed E-state index contributed by atoms with van der Waals surface area (Å²) in [6.07, 6.45) is 0. The Balaban J connectivity index is 1.43. The van der Waals surface area contributed by atoms with Crippen LogP contribution in [-0.2, 0) is 0 Å². The smallest absolute Gasteiger partial charge is 0.272 e. The van der Waals surface area contributed by atoms with Crippen molar-refractivity contribution >= 4 is 11.6 Å². The number of aromatic amines is 1. The Kier molecular flexibility index (Phi) is 5.52. The molecule has 0 fully saturated rings. The van der Waals surface area contributed by atoms with Gasteiger partial charge >= 0.3 is 0 Å². The average Bonchev–Trinajstić information content (AvgIpc) is 3.29. The SMILES string of the molecule is C/C(=N\NC(=O)c1cc(-c2ccc(C)cc2)n[nH]1)c1ccc(-c2ccccc2)cc1. The molecule has 0 atom stereocenters. The van der Waals surface area contributed by atoms with Crippen LogP contribution in [-0.4, -0.2) is 21.8 Å². The zero-order valence-corrected chi connectivity index (χ0v) is 16.9. The number of amides is 1. The monoisotopic (exact) mass is 394 g/mol. The van der Waals surface area contributed by atoms with Gasteiger partial charge in [0.1, 0.15) is 5.69 Å². The number of aryl methyl sites for hydroxylation is 1. The molecule has 0 saturated carbocycles. The van der Waals surface area contributed by atoms with E-state index in [0.717, 1.165) is 33.7 Å². The fourth-order valence-corrected chi connectivity index (χ4v) is 3.10. The van der Waals surface area contributed by atoms with Gasteiger partial charge in [0.25, 0.3) is 5.91 Å². The van der Waals surface area contributed by atoms with Crippen LogP contribution in [0.25, 0.3) is 22.4 Å². The first-order chi connectivity index (χ1) is 14.6. The van der Waals surface area contributed by atoms with E-state index in [1.54, 1.807) is 6.07 Å². The second-order valence-electron chi connectivity index (χ2n) is 7.11. The van der Waals surface area contributed by atoms with E-state index >= 15 is 0 Å². The minimum Gasteiger partial charge on any atom is -0.272 e. The topological polar surface area (TPSA) is 70.1 Å². The van der Waals surface area contributed by atoms with Gasteiger partial charge in [0.15, 0.2) is 0 Å². The molecule has 0 aliphatic heterocycles. The van der Waals surface area contributed by atoms with E-state index in [-0.39, 0.29) is 5.91 Å². The number of H-pyrrole nitrogens is 1. The van der Waals surface area contributed by atoms with Gasteiger partial charge in [-0.1, -0.05) is 84.4 Å². The molecule has 0 saturated heterocycles. The molecule has 0 aliphatic carbocycles. The molecule has 1 aromatic heterocycles. The molecule has 1 amide bonds. The average molecular weight is 394 g/mol. The first kappa shape index (κ1) is 19.3. The lowest BCUT2D eigenvalue weighted by Crippen LogP contribution is -2.19. The molecule has 30 heavy (non-hydrogen) atoms. The molecule has 5 nitrogen and oxygen atoms in total. The predicted octanol–water partition coefficient (Wildman–Crippen LogP) is 5.21. The number of carbonyl (C=O) groups excluding carboxylic acids is 1. The molecule has 0 spiro atoms. The van der Waals surface area contributed by atoms with Crippen LogP contribution in [0.15, 0.2) is 90.0 Å². The molecule has 5 heteroatoms. The maximum absolute atomic E-state index is 12.4. The Morgan fingerprint density at radius 2 is 1.50 bits per heavy atom. The van der Waals surface area contributed by atoms with Gasteiger partial charge in [-0.2, -0.15) is 10.2 Å². The van der Waals surface area contributed by atoms with E-state index < -0.39 is 0 Å². The third-order valence-electron chi connectivity index (χ3n) is 4.90. The predicted molar refractivity (Wildman–Crippen MR) is 120 cm³/mol. The van der Waals surface area contributed by atoms with Gasteiger partial charge in [0, 0.05) is 5.56 Å². The van der Waals surface area contributed by atoms with Crippen LogP contribution in [0.4, 0.5) is 0 Å². The highest BCUT2D eigenvalue weighted by molar-refractivity contribution is 6.01. The van der Waals surface area contributed by atoms with Crippen LogP contribution < -0.4 is 5.43 Å². The van der Waals surface area contributed by atoms with Crippen molar-refractivity contribution in [3.05, 3.63) is 102 Å². The van der Waals surface area contributed by atoms with E-state index in [1.807, 2.05) is 80.6 Å². The highest BCUT2D eigenvalue weighted by Gasteiger charge is 2.11. The van der Waals surface area contributed by atoms with Crippen molar-refractivity contribution in [3.63, 3.8) is 0 Å². The number of hydrogen-bond acceptors (Lipinski definition) is 3. The molecular formula is C25H22N4O. The molecule has 0 bridgehead atoms. The molecule has 0 unspecified atom stereocenters. The first-order valence-electron chi connectivity index (χ1n) is 9.73. The summed E-state index contributed by atoms with van der Waals surface area (Å²) in [6.45, 7) is 3.89. The van der Waals surface area contributed by atoms with Gasteiger partial charge in [-0.25, -0.2) is 5.43 Å². The lowest BCUT2D eigenvalue weighted by Gasteiger charge is -2.05. The number of carbonyl (C=O) groups is 1. The summed E-state index contributed by atoms with van der Waals surface area (Å²) in [4.78, 5) is 12.4. The summed E-state index contributed by atoms with van der Waals surface area (Å²) >= 11 is 0. The molecule has 0 aliphatic rings. The number of nitrogens with zero attached hydrogens (tertiary/aromatic N) is 2. The zero-order valence-electron chi connectivity index (χ0n) is 16.9. The summed E-state index contributed by atoms with van der Waals surface area (Å²) in [7, 11) is 0. The van der Waals surface area contributed by atoms with Gasteiger partial charge in [-0.3, -0.25) is 9.89 Å². The number of rotatable bonds is 5. The molecule has 1 heterocycles. The lowest BCUT2D eigenvalue weighted by atomic mass is 10.0. The summed E-state index contributed by atoms with van der Waals surface area (Å²) < 4.78 is 0. The third kappa shape index (κ3) is 4.36. The minimum absolute atomic E-state index is 0.332. The van der Waals surface area contributed by atoms with Crippen molar-refractivity contribution in [2.75, 3.05) is 0 Å². The second-order valence-corrected chi connectivity index (χ2v) is 7.11. The van der Waals surface area contributed by atoms with E-state index in [4.69, 9.17) is 0 Å². The summed E-state index contributed by atoms with van der Waals surface area (Å²) in [6, 6.07) is 28.0. The van der Waals surface area contributed by atoms with Crippen molar-refractivity contribution in [1.82, 2.24) is 15.6 Å². The van der Waals surface area contributed by atoms with Crippen LogP contribution in [0.5, 0.6) is 0 Å². The molecule has 4 rings (SSSR count). The van der Waals surface area contributed by atoms with E-state index in [1.165, 1.54) is 5.56 Å². The molecular weight excluding hydrogens is 372 g/mol. The van der Waals surface area contributed by atoms with Crippen molar-refractivity contribution in [2.45, 2.75) is 13.8 Å². The van der Waals surface area contributed by atoms with Gasteiger partial charge in [-0.05, 0) is 36.6 Å². The molecule has 148 valence electrons. The van der Waals surface area contributed by atoms with E-state index in [0.29, 0.717) is 5.69 Å². The van der Waals surface area contributed by atoms with Gasteiger partial charge in [0.05, 0.1) is 11.4 Å². The summed E-state index contributed by atoms with van der Waals surface area (Å²) in [5.74, 6) is -0.332. The fraction of sp³-hybridized carbons (Fsp3) is 0.0800. The number of nitrogens with one attached hydrogen (secondary N) is 2. The fourth-order valence-electron chi connectivity index (χ4n) is 3.10. The Morgan fingerprint density at radius 3 is 2.20 bits per heavy atom. The maximum Gasteiger partial charge on any atom is 0.289 e. The van der Waals surface area contributed by atoms with Crippen molar-refractivity contribution in [1.29, 1.82) is 0 Å². The normalized spacial score (nSPS) is 11.3. The van der Waals surface area contributed by atoms with Gasteiger partial charge in [0.2, 0.25) is 0 Å². The van der Waals surface area contributed by atoms with Crippen LogP contribution >= 0.6 is 0 Å². The van der Waals surface area contributed by atoms with Crippen LogP contribution in [0.1, 0.15) is 28.5 Å². The van der Waals surface area contributed by atoms with Gasteiger partial charge < -0.3 is 0 Å².